The first-order valence-electron chi connectivity index (χ1n) is 9.17. The summed E-state index contributed by atoms with van der Waals surface area (Å²) in [7, 11) is 3.21. The summed E-state index contributed by atoms with van der Waals surface area (Å²) in [5.41, 5.74) is 0.497. The number of hydrogen-bond donors (Lipinski definition) is 1. The molecule has 30 heavy (non-hydrogen) atoms. The highest BCUT2D eigenvalue weighted by Crippen LogP contribution is 2.37. The van der Waals surface area contributed by atoms with Crippen LogP contribution in [0, 0.1) is 5.82 Å². The lowest BCUT2D eigenvalue weighted by molar-refractivity contribution is 0.0595. The first-order chi connectivity index (χ1) is 14.3. The van der Waals surface area contributed by atoms with Crippen molar-refractivity contribution in [2.45, 2.75) is 19.1 Å². The van der Waals surface area contributed by atoms with Gasteiger partial charge in [-0.3, -0.25) is 9.48 Å². The third kappa shape index (κ3) is 4.17. The zero-order valence-corrected chi connectivity index (χ0v) is 17.6. The molecule has 0 spiro atoms. The summed E-state index contributed by atoms with van der Waals surface area (Å²) in [6.45, 7) is 5.03. The lowest BCUT2D eigenvalue weighted by Gasteiger charge is -2.26. The number of fused-ring (bicyclic) bond motifs is 2. The molecule has 3 rings (SSSR count). The van der Waals surface area contributed by atoms with E-state index in [2.05, 4.69) is 16.7 Å². The Morgan fingerprint density at radius 1 is 1.40 bits per heavy atom. The predicted molar refractivity (Wildman–Crippen MR) is 110 cm³/mol. The molecule has 1 aromatic heterocycles. The number of amides is 1. The summed E-state index contributed by atoms with van der Waals surface area (Å²) < 4.78 is 27.4. The normalized spacial score (nSPS) is 19.9. The zero-order chi connectivity index (χ0) is 22.0. The summed E-state index contributed by atoms with van der Waals surface area (Å²) in [4.78, 5) is 18.7. The van der Waals surface area contributed by atoms with Gasteiger partial charge in [0.2, 0.25) is 5.90 Å². The highest BCUT2D eigenvalue weighted by molar-refractivity contribution is 6.31. The van der Waals surface area contributed by atoms with E-state index in [1.54, 1.807) is 21.0 Å². The van der Waals surface area contributed by atoms with Gasteiger partial charge in [-0.05, 0) is 25.1 Å². The van der Waals surface area contributed by atoms with Crippen LogP contribution in [0.2, 0.25) is 5.02 Å². The fourth-order valence-corrected chi connectivity index (χ4v) is 3.42. The van der Waals surface area contributed by atoms with Crippen molar-refractivity contribution in [3.63, 3.8) is 0 Å². The standard InChI is InChI=1S/C20H22ClFN4O4/c1-5-16-24-19-13(8-23-26(19)4)20(28)25(3)9-12(10-27)30-15-7-6-14(22)18(21)17(15)11(2)29-16/h5-8,11-12,27H,1,9-10H2,2-4H3. The largest absolute Gasteiger partial charge is 0.486 e. The van der Waals surface area contributed by atoms with Crippen LogP contribution in [0.25, 0.3) is 0 Å². The Kier molecular flexibility index (Phi) is 6.42. The quantitative estimate of drug-likeness (QED) is 0.781. The molecule has 2 atom stereocenters. The van der Waals surface area contributed by atoms with Crippen LogP contribution in [-0.4, -0.2) is 57.9 Å². The smallest absolute Gasteiger partial charge is 0.259 e. The van der Waals surface area contributed by atoms with Gasteiger partial charge in [-0.2, -0.15) is 10.1 Å². The van der Waals surface area contributed by atoms with Gasteiger partial charge in [-0.25, -0.2) is 4.39 Å². The third-order valence-corrected chi connectivity index (χ3v) is 5.03. The number of nitrogens with zero attached hydrogens (tertiary/aromatic N) is 4. The molecule has 1 amide bonds. The van der Waals surface area contributed by atoms with Gasteiger partial charge in [0.1, 0.15) is 29.3 Å². The van der Waals surface area contributed by atoms with Crippen LogP contribution in [0.1, 0.15) is 28.9 Å². The Bertz CT molecular complexity index is 1010. The molecule has 8 nitrogen and oxygen atoms in total. The van der Waals surface area contributed by atoms with Crippen LogP contribution in [0.3, 0.4) is 0 Å². The van der Waals surface area contributed by atoms with Crippen LogP contribution in [0.15, 0.2) is 36.0 Å². The highest BCUT2D eigenvalue weighted by atomic mass is 35.5. The average Bonchev–Trinajstić information content (AvgIpc) is 3.08. The van der Waals surface area contributed by atoms with Crippen molar-refractivity contribution in [3.05, 3.63) is 53.0 Å². The zero-order valence-electron chi connectivity index (χ0n) is 16.8. The number of hydrogen-bond acceptors (Lipinski definition) is 6. The molecule has 160 valence electrons. The number of likely N-dealkylation sites (N-methyl/N-ethyl adjacent to an activating group) is 1. The molecular formula is C20H22ClFN4O4. The fraction of sp³-hybridized carbons (Fsp3) is 0.350. The lowest BCUT2D eigenvalue weighted by Crippen LogP contribution is -2.39. The van der Waals surface area contributed by atoms with E-state index in [9.17, 15) is 14.3 Å². The van der Waals surface area contributed by atoms with Crippen LogP contribution in [0.4, 0.5) is 10.2 Å². The Balaban J connectivity index is 2.18. The van der Waals surface area contributed by atoms with Crippen molar-refractivity contribution in [2.24, 2.45) is 12.0 Å². The van der Waals surface area contributed by atoms with E-state index < -0.39 is 18.0 Å². The second-order valence-electron chi connectivity index (χ2n) is 6.80. The molecule has 2 heterocycles. The Morgan fingerprint density at radius 3 is 2.80 bits per heavy atom. The number of rotatable bonds is 2. The Hall–Kier alpha value is -2.91. The van der Waals surface area contributed by atoms with Gasteiger partial charge in [0.05, 0.1) is 29.9 Å². The van der Waals surface area contributed by atoms with Crippen molar-refractivity contribution in [2.75, 3.05) is 20.2 Å². The lowest BCUT2D eigenvalue weighted by atomic mass is 10.1. The SMILES string of the molecule is C=CC1=Nc2c(cnn2C)C(=O)N(C)CC(CO)Oc2ccc(F)c(Cl)c2C(C)O1. The molecule has 0 fully saturated rings. The minimum Gasteiger partial charge on any atom is -0.486 e. The minimum absolute atomic E-state index is 0.0609. The van der Waals surface area contributed by atoms with Crippen LogP contribution in [0.5, 0.6) is 5.75 Å². The highest BCUT2D eigenvalue weighted by Gasteiger charge is 2.27. The number of ether oxygens (including phenoxy) is 2. The number of halogens is 2. The summed E-state index contributed by atoms with van der Waals surface area (Å²) in [5, 5.41) is 13.7. The van der Waals surface area contributed by atoms with Crippen LogP contribution >= 0.6 is 11.6 Å². The number of aliphatic hydroxyl groups excluding tert-OH is 1. The molecule has 10 heteroatoms. The molecule has 0 saturated heterocycles. The van der Waals surface area contributed by atoms with Gasteiger partial charge in [0.25, 0.3) is 5.91 Å². The van der Waals surface area contributed by atoms with Gasteiger partial charge in [-0.15, -0.1) is 0 Å². The Labute approximate surface area is 178 Å². The second kappa shape index (κ2) is 8.85. The van der Waals surface area contributed by atoms with Crippen molar-refractivity contribution in [3.8, 4) is 5.75 Å². The van der Waals surface area contributed by atoms with E-state index in [4.69, 9.17) is 21.1 Å². The number of aliphatic hydroxyl groups is 1. The molecule has 1 N–H and O–H groups in total. The van der Waals surface area contributed by atoms with E-state index in [1.807, 2.05) is 0 Å². The van der Waals surface area contributed by atoms with Crippen molar-refractivity contribution in [1.29, 1.82) is 0 Å². The van der Waals surface area contributed by atoms with E-state index in [0.29, 0.717) is 0 Å². The molecule has 2 aromatic rings. The average molecular weight is 437 g/mol. The number of carbonyl (C=O) groups excluding carboxylic acids is 1. The van der Waals surface area contributed by atoms with E-state index in [-0.39, 0.29) is 52.7 Å². The van der Waals surface area contributed by atoms with Crippen molar-refractivity contribution in [1.82, 2.24) is 14.7 Å². The fourth-order valence-electron chi connectivity index (χ4n) is 3.12. The molecule has 0 saturated carbocycles. The summed E-state index contributed by atoms with van der Waals surface area (Å²) >= 11 is 6.21. The van der Waals surface area contributed by atoms with Crippen molar-refractivity contribution < 1.29 is 23.8 Å². The molecule has 0 bridgehead atoms. The van der Waals surface area contributed by atoms with Gasteiger partial charge in [-0.1, -0.05) is 18.2 Å². The number of aryl methyl sites for hydroxylation is 1. The Morgan fingerprint density at radius 2 is 2.13 bits per heavy atom. The maximum absolute atomic E-state index is 14.2. The second-order valence-corrected chi connectivity index (χ2v) is 7.18. The third-order valence-electron chi connectivity index (χ3n) is 4.65. The van der Waals surface area contributed by atoms with Gasteiger partial charge in [0.15, 0.2) is 5.82 Å². The molecule has 2 unspecified atom stereocenters. The number of aliphatic imine (C=N–C) groups is 1. The van der Waals surface area contributed by atoms with E-state index in [0.717, 1.165) is 0 Å². The van der Waals surface area contributed by atoms with Gasteiger partial charge >= 0.3 is 0 Å². The molecule has 0 radical (unpaired) electrons. The van der Waals surface area contributed by atoms with Crippen LogP contribution in [-0.2, 0) is 11.8 Å². The molecule has 1 aliphatic rings. The number of aromatic nitrogens is 2. The first kappa shape index (κ1) is 21.8. The topological polar surface area (TPSA) is 89.2 Å². The monoisotopic (exact) mass is 436 g/mol. The van der Waals surface area contributed by atoms with Gasteiger partial charge in [0, 0.05) is 14.1 Å². The maximum Gasteiger partial charge on any atom is 0.259 e. The molecule has 0 aliphatic carbocycles. The molecule has 1 aromatic carbocycles. The molecule has 1 aliphatic heterocycles. The number of carbonyl (C=O) groups is 1. The van der Waals surface area contributed by atoms with E-state index >= 15 is 0 Å². The van der Waals surface area contributed by atoms with Crippen LogP contribution < -0.4 is 4.74 Å². The summed E-state index contributed by atoms with van der Waals surface area (Å²) in [5.74, 6) is -0.419. The van der Waals surface area contributed by atoms with E-state index in [1.165, 1.54) is 34.0 Å². The summed E-state index contributed by atoms with van der Waals surface area (Å²) in [6, 6.07) is 2.57. The summed E-state index contributed by atoms with van der Waals surface area (Å²) in [6.07, 6.45) is 1.21. The maximum atomic E-state index is 14.2. The molecular weight excluding hydrogens is 415 g/mol. The predicted octanol–water partition coefficient (Wildman–Crippen LogP) is 3.03. The van der Waals surface area contributed by atoms with Crippen molar-refractivity contribution >= 4 is 29.2 Å². The number of benzene rings is 1. The van der Waals surface area contributed by atoms with Gasteiger partial charge < -0.3 is 19.5 Å². The first-order valence-corrected chi connectivity index (χ1v) is 9.55. The minimum atomic E-state index is -0.785.